The van der Waals surface area contributed by atoms with Crippen LogP contribution < -0.4 is 0 Å². The van der Waals surface area contributed by atoms with Gasteiger partial charge in [-0.15, -0.1) is 0 Å². The summed E-state index contributed by atoms with van der Waals surface area (Å²) in [6, 6.07) is 5.81. The maximum absolute atomic E-state index is 12.6. The first-order valence-corrected chi connectivity index (χ1v) is 5.94. The zero-order valence-corrected chi connectivity index (χ0v) is 9.02. The molecule has 1 aromatic carbocycles. The van der Waals surface area contributed by atoms with E-state index >= 15 is 0 Å². The summed E-state index contributed by atoms with van der Waals surface area (Å²) < 4.78 is 83.4. The molecule has 2 nitrogen and oxygen atoms in total. The lowest BCUT2D eigenvalue weighted by atomic mass is 10.4. The van der Waals surface area contributed by atoms with E-state index in [0.29, 0.717) is 0 Å². The van der Waals surface area contributed by atoms with Crippen LogP contribution in [0.3, 0.4) is 0 Å². The number of hydrogen-bond donors (Lipinski definition) is 0. The number of halogens is 5. The maximum Gasteiger partial charge on any atom is 0.454 e. The average Bonchev–Trinajstić information content (AvgIpc) is 2.15. The van der Waals surface area contributed by atoms with Gasteiger partial charge in [-0.1, -0.05) is 18.2 Å². The molecule has 0 spiro atoms. The molecule has 0 fully saturated rings. The molecule has 0 aliphatic heterocycles. The van der Waals surface area contributed by atoms with Crippen LogP contribution in [0.1, 0.15) is 0 Å². The van der Waals surface area contributed by atoms with Gasteiger partial charge in [-0.2, -0.15) is 22.0 Å². The summed E-state index contributed by atoms with van der Waals surface area (Å²) in [6.07, 6.45) is -5.88. The Morgan fingerprint density at radius 2 is 1.41 bits per heavy atom. The monoisotopic (exact) mass is 274 g/mol. The molecule has 0 bridgehead atoms. The van der Waals surface area contributed by atoms with Crippen LogP contribution in [0, 0.1) is 0 Å². The van der Waals surface area contributed by atoms with Crippen molar-refractivity contribution in [1.29, 1.82) is 0 Å². The normalized spacial score (nSPS) is 13.7. The Bertz CT molecular complexity index is 478. The highest BCUT2D eigenvalue weighted by Crippen LogP contribution is 2.37. The second-order valence-electron chi connectivity index (χ2n) is 3.27. The summed E-state index contributed by atoms with van der Waals surface area (Å²) in [5.74, 6) is -7.55. The molecule has 0 amide bonds. The number of alkyl halides is 5. The van der Waals surface area contributed by atoms with Crippen LogP contribution in [0.25, 0.3) is 0 Å². The van der Waals surface area contributed by atoms with E-state index in [1.807, 2.05) is 0 Å². The minimum absolute atomic E-state index is 0.566. The fourth-order valence-corrected chi connectivity index (χ4v) is 2.41. The van der Waals surface area contributed by atoms with Crippen LogP contribution in [-0.2, 0) is 9.84 Å². The summed E-state index contributed by atoms with van der Waals surface area (Å²) >= 11 is 0. The fourth-order valence-electron chi connectivity index (χ4n) is 1.03. The van der Waals surface area contributed by atoms with Gasteiger partial charge < -0.3 is 0 Å². The summed E-state index contributed by atoms with van der Waals surface area (Å²) in [6.45, 7) is 0. The molecule has 0 aliphatic carbocycles. The minimum atomic E-state index is -5.88. The standard InChI is InChI=1S/C9H7F5O2S/c10-8(11,9(12,13)14)6-17(15,16)7-4-2-1-3-5-7/h1-5H,6H2. The number of hydrogen-bond acceptors (Lipinski definition) is 2. The quantitative estimate of drug-likeness (QED) is 0.794. The third-order valence-electron chi connectivity index (χ3n) is 1.89. The Balaban J connectivity index is 3.04. The zero-order chi connectivity index (χ0) is 13.3. The van der Waals surface area contributed by atoms with E-state index < -0.39 is 32.6 Å². The predicted octanol–water partition coefficient (Wildman–Crippen LogP) is 2.66. The Morgan fingerprint density at radius 3 is 1.82 bits per heavy atom. The third kappa shape index (κ3) is 3.15. The van der Waals surface area contributed by atoms with E-state index in [9.17, 15) is 30.4 Å². The van der Waals surface area contributed by atoms with Crippen LogP contribution in [0.4, 0.5) is 22.0 Å². The Morgan fingerprint density at radius 1 is 0.941 bits per heavy atom. The van der Waals surface area contributed by atoms with Gasteiger partial charge in [0.2, 0.25) is 0 Å². The highest BCUT2D eigenvalue weighted by atomic mass is 32.2. The maximum atomic E-state index is 12.6. The largest absolute Gasteiger partial charge is 0.454 e. The van der Waals surface area contributed by atoms with Gasteiger partial charge in [-0.25, -0.2) is 8.42 Å². The molecule has 0 aromatic heterocycles. The third-order valence-corrected chi connectivity index (χ3v) is 3.62. The van der Waals surface area contributed by atoms with E-state index in [1.165, 1.54) is 18.2 Å². The molecule has 0 aliphatic rings. The molecule has 0 atom stereocenters. The molecular formula is C9H7F5O2S. The first kappa shape index (κ1) is 13.9. The molecule has 0 radical (unpaired) electrons. The fraction of sp³-hybridized carbons (Fsp3) is 0.333. The van der Waals surface area contributed by atoms with Gasteiger partial charge in [0.05, 0.1) is 4.90 Å². The lowest BCUT2D eigenvalue weighted by molar-refractivity contribution is -0.271. The first-order chi connectivity index (χ1) is 7.56. The molecule has 8 heteroatoms. The first-order valence-electron chi connectivity index (χ1n) is 4.29. The van der Waals surface area contributed by atoms with Crippen LogP contribution >= 0.6 is 0 Å². The van der Waals surface area contributed by atoms with Crippen molar-refractivity contribution in [1.82, 2.24) is 0 Å². The van der Waals surface area contributed by atoms with Crippen molar-refractivity contribution in [2.24, 2.45) is 0 Å². The lowest BCUT2D eigenvalue weighted by Crippen LogP contribution is -2.42. The molecule has 0 unspecified atom stereocenters. The molecule has 96 valence electrons. The van der Waals surface area contributed by atoms with E-state index in [4.69, 9.17) is 0 Å². The topological polar surface area (TPSA) is 34.1 Å². The van der Waals surface area contributed by atoms with Gasteiger partial charge in [0.1, 0.15) is 5.75 Å². The summed E-state index contributed by atoms with van der Waals surface area (Å²) in [5, 5.41) is 0. The van der Waals surface area contributed by atoms with Gasteiger partial charge in [-0.3, -0.25) is 0 Å². The summed E-state index contributed by atoms with van der Waals surface area (Å²) in [5.41, 5.74) is 0. The molecule has 0 heterocycles. The molecular weight excluding hydrogens is 267 g/mol. The van der Waals surface area contributed by atoms with Crippen LogP contribution in [0.2, 0.25) is 0 Å². The van der Waals surface area contributed by atoms with Crippen LogP contribution in [0.15, 0.2) is 35.2 Å². The van der Waals surface area contributed by atoms with E-state index in [-0.39, 0.29) is 0 Å². The van der Waals surface area contributed by atoms with E-state index in [0.717, 1.165) is 12.1 Å². The van der Waals surface area contributed by atoms with E-state index in [2.05, 4.69) is 0 Å². The highest BCUT2D eigenvalue weighted by Gasteiger charge is 2.59. The van der Waals surface area contributed by atoms with Gasteiger partial charge in [0.15, 0.2) is 9.84 Å². The van der Waals surface area contributed by atoms with Crippen molar-refractivity contribution in [3.05, 3.63) is 30.3 Å². The zero-order valence-electron chi connectivity index (χ0n) is 8.21. The summed E-state index contributed by atoms with van der Waals surface area (Å²) in [7, 11) is -4.67. The van der Waals surface area contributed by atoms with E-state index in [1.54, 1.807) is 0 Å². The molecule has 0 saturated carbocycles. The Hall–Kier alpha value is -1.18. The second-order valence-corrected chi connectivity index (χ2v) is 5.26. The van der Waals surface area contributed by atoms with Crippen molar-refractivity contribution in [2.45, 2.75) is 17.0 Å². The number of rotatable bonds is 3. The molecule has 0 N–H and O–H groups in total. The average molecular weight is 274 g/mol. The Kier molecular flexibility index (Phi) is 3.47. The van der Waals surface area contributed by atoms with Crippen LogP contribution in [-0.4, -0.2) is 26.3 Å². The molecule has 0 saturated heterocycles. The number of benzene rings is 1. The van der Waals surface area contributed by atoms with Crippen molar-refractivity contribution >= 4 is 9.84 Å². The lowest BCUT2D eigenvalue weighted by Gasteiger charge is -2.19. The molecule has 17 heavy (non-hydrogen) atoms. The van der Waals surface area contributed by atoms with Gasteiger partial charge in [0.25, 0.3) is 0 Å². The van der Waals surface area contributed by atoms with Gasteiger partial charge in [0, 0.05) is 0 Å². The SMILES string of the molecule is O=S(=O)(CC(F)(F)C(F)(F)F)c1ccccc1. The molecule has 1 rings (SSSR count). The van der Waals surface area contributed by atoms with Crippen molar-refractivity contribution in [2.75, 3.05) is 5.75 Å². The molecule has 1 aromatic rings. The smallest absolute Gasteiger partial charge is 0.223 e. The second kappa shape index (κ2) is 4.25. The van der Waals surface area contributed by atoms with Gasteiger partial charge >= 0.3 is 12.1 Å². The van der Waals surface area contributed by atoms with Gasteiger partial charge in [-0.05, 0) is 12.1 Å². The highest BCUT2D eigenvalue weighted by molar-refractivity contribution is 7.91. The van der Waals surface area contributed by atoms with Crippen molar-refractivity contribution in [3.63, 3.8) is 0 Å². The van der Waals surface area contributed by atoms with Crippen molar-refractivity contribution < 1.29 is 30.4 Å². The summed E-state index contributed by atoms with van der Waals surface area (Å²) in [4.78, 5) is -0.566. The van der Waals surface area contributed by atoms with Crippen LogP contribution in [0.5, 0.6) is 0 Å². The predicted molar refractivity (Wildman–Crippen MR) is 49.5 cm³/mol. The Labute approximate surface area is 94.0 Å². The minimum Gasteiger partial charge on any atom is -0.223 e. The number of sulfone groups is 1. The van der Waals surface area contributed by atoms with Crippen molar-refractivity contribution in [3.8, 4) is 0 Å².